The van der Waals surface area contributed by atoms with Crippen LogP contribution in [0.3, 0.4) is 0 Å². The van der Waals surface area contributed by atoms with E-state index in [2.05, 4.69) is 0 Å². The summed E-state index contributed by atoms with van der Waals surface area (Å²) in [7, 11) is 1.63. The number of para-hydroxylation sites is 2. The highest BCUT2D eigenvalue weighted by Gasteiger charge is 2.42. The summed E-state index contributed by atoms with van der Waals surface area (Å²) in [4.78, 5) is 11.3. The molecule has 0 radical (unpaired) electrons. The zero-order valence-electron chi connectivity index (χ0n) is 16.3. The number of nitro benzene ring substituents is 1. The van der Waals surface area contributed by atoms with Gasteiger partial charge in [0.15, 0.2) is 0 Å². The molecule has 2 aliphatic rings. The predicted molar refractivity (Wildman–Crippen MR) is 112 cm³/mol. The van der Waals surface area contributed by atoms with E-state index >= 15 is 0 Å². The molecular weight excluding hydrogens is 382 g/mol. The van der Waals surface area contributed by atoms with Crippen LogP contribution in [-0.2, 0) is 0 Å². The van der Waals surface area contributed by atoms with E-state index in [1.54, 1.807) is 25.3 Å². The second kappa shape index (κ2) is 7.18. The van der Waals surface area contributed by atoms with E-state index in [4.69, 9.17) is 14.6 Å². The van der Waals surface area contributed by atoms with Gasteiger partial charge in [-0.2, -0.15) is 5.10 Å². The molecule has 150 valence electrons. The molecule has 7 nitrogen and oxygen atoms in total. The van der Waals surface area contributed by atoms with Gasteiger partial charge in [0.25, 0.3) is 5.69 Å². The highest BCUT2D eigenvalue weighted by molar-refractivity contribution is 6.02. The van der Waals surface area contributed by atoms with Crippen LogP contribution in [0.15, 0.2) is 77.9 Å². The lowest BCUT2D eigenvalue weighted by molar-refractivity contribution is -0.386. The number of hydrogen-bond donors (Lipinski definition) is 0. The Labute approximate surface area is 173 Å². The molecule has 0 saturated heterocycles. The van der Waals surface area contributed by atoms with Gasteiger partial charge in [-0.15, -0.1) is 0 Å². The molecule has 2 aliphatic heterocycles. The van der Waals surface area contributed by atoms with E-state index < -0.39 is 6.23 Å². The SMILES string of the molecule is COc1cccc(C2=NN3[C@H](C2)c2ccccc2O[C@H]3c2ccccc2[N+](=O)[O-])c1. The Hall–Kier alpha value is -3.87. The van der Waals surface area contributed by atoms with Gasteiger partial charge < -0.3 is 9.47 Å². The Morgan fingerprint density at radius 1 is 1.07 bits per heavy atom. The molecule has 0 unspecified atom stereocenters. The van der Waals surface area contributed by atoms with Crippen LogP contribution in [0.2, 0.25) is 0 Å². The third-order valence-electron chi connectivity index (χ3n) is 5.50. The van der Waals surface area contributed by atoms with Crippen molar-refractivity contribution in [3.8, 4) is 11.5 Å². The fourth-order valence-electron chi connectivity index (χ4n) is 4.08. The number of hydrogen-bond acceptors (Lipinski definition) is 6. The topological polar surface area (TPSA) is 77.2 Å². The summed E-state index contributed by atoms with van der Waals surface area (Å²) in [5.41, 5.74) is 3.38. The molecule has 0 fully saturated rings. The van der Waals surface area contributed by atoms with Crippen molar-refractivity contribution in [3.63, 3.8) is 0 Å². The highest BCUT2D eigenvalue weighted by atomic mass is 16.6. The van der Waals surface area contributed by atoms with Crippen molar-refractivity contribution in [2.75, 3.05) is 7.11 Å². The van der Waals surface area contributed by atoms with Crippen molar-refractivity contribution in [1.82, 2.24) is 5.01 Å². The number of hydrazone groups is 1. The first-order chi connectivity index (χ1) is 14.7. The van der Waals surface area contributed by atoms with Crippen molar-refractivity contribution in [1.29, 1.82) is 0 Å². The lowest BCUT2D eigenvalue weighted by Gasteiger charge is -2.37. The van der Waals surface area contributed by atoms with Gasteiger partial charge in [0, 0.05) is 23.6 Å². The first kappa shape index (κ1) is 18.2. The summed E-state index contributed by atoms with van der Waals surface area (Å²) >= 11 is 0. The molecule has 5 rings (SSSR count). The molecule has 7 heteroatoms. The molecule has 0 aromatic heterocycles. The van der Waals surface area contributed by atoms with Crippen LogP contribution < -0.4 is 9.47 Å². The average molecular weight is 401 g/mol. The fraction of sp³-hybridized carbons (Fsp3) is 0.174. The summed E-state index contributed by atoms with van der Waals surface area (Å²) in [5.74, 6) is 1.48. The first-order valence-electron chi connectivity index (χ1n) is 9.65. The first-order valence-corrected chi connectivity index (χ1v) is 9.65. The molecule has 0 spiro atoms. The smallest absolute Gasteiger partial charge is 0.278 e. The van der Waals surface area contributed by atoms with Crippen LogP contribution in [0.25, 0.3) is 0 Å². The second-order valence-electron chi connectivity index (χ2n) is 7.20. The van der Waals surface area contributed by atoms with E-state index in [1.165, 1.54) is 6.07 Å². The minimum Gasteiger partial charge on any atom is -0.497 e. The summed E-state index contributed by atoms with van der Waals surface area (Å²) in [6.07, 6.45) is -0.0142. The predicted octanol–water partition coefficient (Wildman–Crippen LogP) is 4.85. The van der Waals surface area contributed by atoms with Crippen LogP contribution in [0.1, 0.15) is 35.4 Å². The Morgan fingerprint density at radius 3 is 2.63 bits per heavy atom. The molecule has 0 bridgehead atoms. The normalized spacial score (nSPS) is 19.4. The second-order valence-corrected chi connectivity index (χ2v) is 7.20. The maximum Gasteiger partial charge on any atom is 0.278 e. The summed E-state index contributed by atoms with van der Waals surface area (Å²) < 4.78 is 11.6. The minimum absolute atomic E-state index is 0.0191. The van der Waals surface area contributed by atoms with E-state index in [0.717, 1.165) is 28.3 Å². The summed E-state index contributed by atoms with van der Waals surface area (Å²) in [6, 6.07) is 22.2. The van der Waals surface area contributed by atoms with Gasteiger partial charge >= 0.3 is 0 Å². The number of ether oxygens (including phenoxy) is 2. The number of fused-ring (bicyclic) bond motifs is 3. The van der Waals surface area contributed by atoms with Crippen LogP contribution in [0.5, 0.6) is 11.5 Å². The molecule has 0 aliphatic carbocycles. The van der Waals surface area contributed by atoms with Crippen molar-refractivity contribution in [3.05, 3.63) is 99.6 Å². The van der Waals surface area contributed by atoms with Gasteiger partial charge in [0.05, 0.1) is 29.4 Å². The maximum absolute atomic E-state index is 11.6. The standard InChI is InChI=1S/C23H19N3O4/c1-29-16-8-6-7-15(13-16)19-14-21-17-9-3-5-12-22(17)30-23(25(21)24-19)18-10-2-4-11-20(18)26(27)28/h2-13,21,23H,14H2,1H3/t21-,23+/m1/s1. The Kier molecular flexibility index (Phi) is 4.35. The molecule has 30 heavy (non-hydrogen) atoms. The van der Waals surface area contributed by atoms with E-state index in [1.807, 2.05) is 53.5 Å². The van der Waals surface area contributed by atoms with Gasteiger partial charge in [-0.3, -0.25) is 10.1 Å². The molecule has 2 atom stereocenters. The quantitative estimate of drug-likeness (QED) is 0.462. The van der Waals surface area contributed by atoms with E-state index in [0.29, 0.717) is 12.0 Å². The monoisotopic (exact) mass is 401 g/mol. The Morgan fingerprint density at radius 2 is 1.83 bits per heavy atom. The van der Waals surface area contributed by atoms with Gasteiger partial charge in [-0.05, 0) is 24.3 Å². The van der Waals surface area contributed by atoms with E-state index in [-0.39, 0.29) is 16.7 Å². The van der Waals surface area contributed by atoms with Crippen molar-refractivity contribution < 1.29 is 14.4 Å². The zero-order valence-corrected chi connectivity index (χ0v) is 16.3. The van der Waals surface area contributed by atoms with Crippen LogP contribution in [0.4, 0.5) is 5.69 Å². The van der Waals surface area contributed by atoms with Crippen LogP contribution in [-0.4, -0.2) is 22.8 Å². The molecule has 2 heterocycles. The lowest BCUT2D eigenvalue weighted by atomic mass is 9.95. The van der Waals surface area contributed by atoms with Crippen LogP contribution in [0, 0.1) is 10.1 Å². The fourth-order valence-corrected chi connectivity index (χ4v) is 4.08. The number of methoxy groups -OCH3 is 1. The third-order valence-corrected chi connectivity index (χ3v) is 5.50. The zero-order chi connectivity index (χ0) is 20.7. The largest absolute Gasteiger partial charge is 0.497 e. The summed E-state index contributed by atoms with van der Waals surface area (Å²) in [6.45, 7) is 0. The number of rotatable bonds is 4. The lowest BCUT2D eigenvalue weighted by Crippen LogP contribution is -2.34. The Bertz CT molecular complexity index is 1160. The number of nitro groups is 1. The van der Waals surface area contributed by atoms with Crippen LogP contribution >= 0.6 is 0 Å². The van der Waals surface area contributed by atoms with E-state index in [9.17, 15) is 10.1 Å². The summed E-state index contributed by atoms with van der Waals surface area (Å²) in [5, 5.41) is 18.3. The molecule has 0 amide bonds. The maximum atomic E-state index is 11.6. The van der Waals surface area contributed by atoms with Gasteiger partial charge in [0.1, 0.15) is 11.5 Å². The molecule has 0 N–H and O–H groups in total. The number of nitrogens with zero attached hydrogens (tertiary/aromatic N) is 3. The molecule has 3 aromatic carbocycles. The van der Waals surface area contributed by atoms with Crippen molar-refractivity contribution in [2.45, 2.75) is 18.7 Å². The minimum atomic E-state index is -0.686. The van der Waals surface area contributed by atoms with Gasteiger partial charge in [-0.25, -0.2) is 5.01 Å². The van der Waals surface area contributed by atoms with Crippen molar-refractivity contribution >= 4 is 11.4 Å². The Balaban J connectivity index is 1.62. The molecular formula is C23H19N3O4. The number of benzene rings is 3. The average Bonchev–Trinajstić information content (AvgIpc) is 3.24. The third kappa shape index (κ3) is 2.95. The highest BCUT2D eigenvalue weighted by Crippen LogP contribution is 2.48. The van der Waals surface area contributed by atoms with Gasteiger partial charge in [-0.1, -0.05) is 42.5 Å². The van der Waals surface area contributed by atoms with Crippen molar-refractivity contribution in [2.24, 2.45) is 5.10 Å². The molecule has 3 aromatic rings. The molecule has 0 saturated carbocycles. The van der Waals surface area contributed by atoms with Gasteiger partial charge in [0.2, 0.25) is 6.23 Å².